The van der Waals surface area contributed by atoms with Crippen LogP contribution < -0.4 is 0 Å². The second kappa shape index (κ2) is 8.27. The van der Waals surface area contributed by atoms with E-state index in [-0.39, 0.29) is 0 Å². The first-order valence-electron chi connectivity index (χ1n) is 7.08. The highest BCUT2D eigenvalue weighted by atomic mass is 14.7. The Morgan fingerprint density at radius 3 is 1.88 bits per heavy atom. The van der Waals surface area contributed by atoms with Crippen LogP contribution in [0.25, 0.3) is 0 Å². The molecule has 1 nitrogen and oxygen atoms in total. The van der Waals surface area contributed by atoms with Crippen molar-refractivity contribution >= 4 is 0 Å². The van der Waals surface area contributed by atoms with Gasteiger partial charge in [-0.15, -0.1) is 0 Å². The molecular weight excluding hydrogens is 206 g/mol. The molecule has 0 N–H and O–H groups in total. The molecule has 0 saturated heterocycles. The van der Waals surface area contributed by atoms with E-state index in [0.29, 0.717) is 0 Å². The Balaban J connectivity index is 2.76. The summed E-state index contributed by atoms with van der Waals surface area (Å²) in [5, 5.41) is 0. The molecule has 0 bridgehead atoms. The van der Waals surface area contributed by atoms with E-state index in [4.69, 9.17) is 4.98 Å². The number of pyridine rings is 1. The van der Waals surface area contributed by atoms with Crippen molar-refractivity contribution in [2.45, 2.75) is 65.2 Å². The average Bonchev–Trinajstić information content (AvgIpc) is 2.34. The van der Waals surface area contributed by atoms with Crippen molar-refractivity contribution in [1.29, 1.82) is 0 Å². The molecule has 1 aromatic rings. The van der Waals surface area contributed by atoms with Crippen LogP contribution in [0.1, 0.15) is 62.9 Å². The number of hydrogen-bond donors (Lipinski definition) is 0. The molecule has 0 aliphatic rings. The molecular formula is C16H26N. The summed E-state index contributed by atoms with van der Waals surface area (Å²) in [6.45, 7) is 8.41. The second-order valence-corrected chi connectivity index (χ2v) is 4.77. The van der Waals surface area contributed by atoms with Crippen molar-refractivity contribution in [2.24, 2.45) is 0 Å². The molecule has 0 amide bonds. The lowest BCUT2D eigenvalue weighted by molar-refractivity contribution is 0.741. The maximum atomic E-state index is 4.77. The fourth-order valence-electron chi connectivity index (χ4n) is 2.04. The van der Waals surface area contributed by atoms with Crippen molar-refractivity contribution in [3.05, 3.63) is 36.0 Å². The van der Waals surface area contributed by atoms with E-state index in [1.807, 2.05) is 0 Å². The van der Waals surface area contributed by atoms with Crippen LogP contribution in [0.3, 0.4) is 0 Å². The third-order valence-electron chi connectivity index (χ3n) is 3.03. The molecule has 95 valence electrons. The molecule has 0 fully saturated rings. The van der Waals surface area contributed by atoms with E-state index in [1.165, 1.54) is 42.6 Å². The summed E-state index contributed by atoms with van der Waals surface area (Å²) in [6.07, 6.45) is 9.28. The molecule has 1 rings (SSSR count). The molecule has 17 heavy (non-hydrogen) atoms. The summed E-state index contributed by atoms with van der Waals surface area (Å²) in [5.41, 5.74) is 3.99. The van der Waals surface area contributed by atoms with Gasteiger partial charge in [-0.3, -0.25) is 4.98 Å². The van der Waals surface area contributed by atoms with Gasteiger partial charge in [-0.25, -0.2) is 0 Å². The topological polar surface area (TPSA) is 12.9 Å². The van der Waals surface area contributed by atoms with E-state index >= 15 is 0 Å². The van der Waals surface area contributed by atoms with Crippen molar-refractivity contribution in [1.82, 2.24) is 4.98 Å². The third kappa shape index (κ3) is 5.34. The van der Waals surface area contributed by atoms with Gasteiger partial charge in [0.2, 0.25) is 0 Å². The molecule has 1 heterocycles. The Kier molecular flexibility index (Phi) is 6.91. The van der Waals surface area contributed by atoms with E-state index in [2.05, 4.69) is 32.9 Å². The number of unbranched alkanes of at least 4 members (excludes halogenated alkanes) is 2. The molecule has 0 saturated carbocycles. The Hall–Kier alpha value is -0.850. The Morgan fingerprint density at radius 2 is 1.47 bits per heavy atom. The summed E-state index contributed by atoms with van der Waals surface area (Å²) in [4.78, 5) is 4.77. The lowest BCUT2D eigenvalue weighted by Gasteiger charge is -2.08. The van der Waals surface area contributed by atoms with Crippen molar-refractivity contribution in [3.8, 4) is 0 Å². The quantitative estimate of drug-likeness (QED) is 0.641. The van der Waals surface area contributed by atoms with Gasteiger partial charge in [0.15, 0.2) is 0 Å². The monoisotopic (exact) mass is 232 g/mol. The number of nitrogens with zero attached hydrogens (tertiary/aromatic N) is 1. The highest BCUT2D eigenvalue weighted by Gasteiger charge is 2.02. The summed E-state index contributed by atoms with van der Waals surface area (Å²) < 4.78 is 0. The lowest BCUT2D eigenvalue weighted by atomic mass is 10.0. The standard InChI is InChI=1S/C16H26N/c1-4-7-10-15-12-14(9-6-3)13-16(17-15)11-8-5-2/h12-13H,3-11H2,1-2H3. The summed E-state index contributed by atoms with van der Waals surface area (Å²) in [5.74, 6) is 0. The largest absolute Gasteiger partial charge is 0.258 e. The van der Waals surface area contributed by atoms with Gasteiger partial charge in [0.1, 0.15) is 0 Å². The SMILES string of the molecule is [CH2]CCc1cc(CCCC)nc(CCCC)c1. The molecule has 1 radical (unpaired) electrons. The smallest absolute Gasteiger partial charge is 0.0409 e. The predicted octanol–water partition coefficient (Wildman–Crippen LogP) is 4.53. The van der Waals surface area contributed by atoms with Gasteiger partial charge in [0.25, 0.3) is 0 Å². The maximum absolute atomic E-state index is 4.77. The Bertz CT molecular complexity index is 291. The highest BCUT2D eigenvalue weighted by molar-refractivity contribution is 5.22. The molecule has 1 heteroatoms. The average molecular weight is 232 g/mol. The minimum absolute atomic E-state index is 0.977. The molecule has 0 aliphatic heterocycles. The zero-order valence-electron chi connectivity index (χ0n) is 11.5. The molecule has 0 aliphatic carbocycles. The van der Waals surface area contributed by atoms with E-state index in [9.17, 15) is 0 Å². The summed E-state index contributed by atoms with van der Waals surface area (Å²) >= 11 is 0. The first-order chi connectivity index (χ1) is 8.30. The predicted molar refractivity (Wildman–Crippen MR) is 75.1 cm³/mol. The van der Waals surface area contributed by atoms with E-state index < -0.39 is 0 Å². The summed E-state index contributed by atoms with van der Waals surface area (Å²) in [6, 6.07) is 4.55. The third-order valence-corrected chi connectivity index (χ3v) is 3.03. The number of hydrogen-bond acceptors (Lipinski definition) is 1. The minimum atomic E-state index is 0.977. The van der Waals surface area contributed by atoms with Crippen LogP contribution in [-0.4, -0.2) is 4.98 Å². The summed E-state index contributed by atoms with van der Waals surface area (Å²) in [7, 11) is 0. The number of aromatic nitrogens is 1. The van der Waals surface area contributed by atoms with Crippen molar-refractivity contribution < 1.29 is 0 Å². The molecule has 0 atom stereocenters. The molecule has 0 spiro atoms. The molecule has 0 unspecified atom stereocenters. The lowest BCUT2D eigenvalue weighted by Crippen LogP contribution is -1.99. The second-order valence-electron chi connectivity index (χ2n) is 4.77. The number of aryl methyl sites for hydroxylation is 3. The number of rotatable bonds is 8. The van der Waals surface area contributed by atoms with Crippen LogP contribution in [0.4, 0.5) is 0 Å². The molecule has 1 aromatic heterocycles. The Morgan fingerprint density at radius 1 is 0.941 bits per heavy atom. The van der Waals surface area contributed by atoms with E-state index in [1.54, 1.807) is 0 Å². The zero-order valence-corrected chi connectivity index (χ0v) is 11.5. The Labute approximate surface area is 107 Å². The van der Waals surface area contributed by atoms with Gasteiger partial charge in [-0.05, 0) is 56.2 Å². The van der Waals surface area contributed by atoms with Crippen LogP contribution in [0.5, 0.6) is 0 Å². The first-order valence-corrected chi connectivity index (χ1v) is 7.08. The van der Waals surface area contributed by atoms with Crippen LogP contribution in [0, 0.1) is 6.92 Å². The van der Waals surface area contributed by atoms with Gasteiger partial charge in [-0.1, -0.05) is 33.6 Å². The van der Waals surface area contributed by atoms with Gasteiger partial charge >= 0.3 is 0 Å². The fraction of sp³-hybridized carbons (Fsp3) is 0.625. The van der Waals surface area contributed by atoms with Gasteiger partial charge < -0.3 is 0 Å². The van der Waals surface area contributed by atoms with Gasteiger partial charge in [-0.2, -0.15) is 0 Å². The highest BCUT2D eigenvalue weighted by Crippen LogP contribution is 2.13. The van der Waals surface area contributed by atoms with Crippen LogP contribution in [0.2, 0.25) is 0 Å². The van der Waals surface area contributed by atoms with Crippen LogP contribution in [-0.2, 0) is 19.3 Å². The zero-order chi connectivity index (χ0) is 12.5. The maximum Gasteiger partial charge on any atom is 0.0409 e. The van der Waals surface area contributed by atoms with Gasteiger partial charge in [0, 0.05) is 11.4 Å². The fourth-order valence-corrected chi connectivity index (χ4v) is 2.04. The minimum Gasteiger partial charge on any atom is -0.258 e. The van der Waals surface area contributed by atoms with Crippen LogP contribution in [0.15, 0.2) is 12.1 Å². The van der Waals surface area contributed by atoms with Crippen molar-refractivity contribution in [2.75, 3.05) is 0 Å². The first kappa shape index (κ1) is 14.2. The van der Waals surface area contributed by atoms with E-state index in [0.717, 1.165) is 25.7 Å². The van der Waals surface area contributed by atoms with Gasteiger partial charge in [0.05, 0.1) is 0 Å². The van der Waals surface area contributed by atoms with Crippen molar-refractivity contribution in [3.63, 3.8) is 0 Å². The normalized spacial score (nSPS) is 10.8. The molecule has 0 aromatic carbocycles. The van der Waals surface area contributed by atoms with Crippen LogP contribution >= 0.6 is 0 Å².